The van der Waals surface area contributed by atoms with Crippen molar-refractivity contribution in [3.63, 3.8) is 0 Å². The zero-order valence-corrected chi connectivity index (χ0v) is 12.2. The first-order valence-corrected chi connectivity index (χ1v) is 7.42. The molecule has 0 aromatic carbocycles. The van der Waals surface area contributed by atoms with Gasteiger partial charge in [0.1, 0.15) is 5.69 Å². The molecule has 1 saturated carbocycles. The fraction of sp³-hybridized carbons (Fsp3) is 0.733. The summed E-state index contributed by atoms with van der Waals surface area (Å²) >= 11 is 0. The molecule has 0 aliphatic heterocycles. The summed E-state index contributed by atoms with van der Waals surface area (Å²) in [5.74, 6) is 1.29. The van der Waals surface area contributed by atoms with Crippen LogP contribution in [0.2, 0.25) is 0 Å². The van der Waals surface area contributed by atoms with Crippen LogP contribution < -0.4 is 5.32 Å². The molecule has 1 aromatic heterocycles. The monoisotopic (exact) mass is 263 g/mol. The summed E-state index contributed by atoms with van der Waals surface area (Å²) in [6.07, 6.45) is 5.84. The van der Waals surface area contributed by atoms with E-state index in [2.05, 4.69) is 36.3 Å². The van der Waals surface area contributed by atoms with E-state index in [0.717, 1.165) is 24.5 Å². The van der Waals surface area contributed by atoms with Crippen LogP contribution in [0.4, 0.5) is 0 Å². The predicted molar refractivity (Wildman–Crippen MR) is 76.2 cm³/mol. The van der Waals surface area contributed by atoms with Gasteiger partial charge in [0.25, 0.3) is 5.91 Å². The van der Waals surface area contributed by atoms with Crippen LogP contribution >= 0.6 is 0 Å². The molecular weight excluding hydrogens is 238 g/mol. The summed E-state index contributed by atoms with van der Waals surface area (Å²) in [6, 6.07) is 2.11. The molecule has 2 N–H and O–H groups in total. The first kappa shape index (κ1) is 14.1. The molecule has 0 bridgehead atoms. The number of nitrogens with one attached hydrogen (secondary N) is 2. The molecule has 1 heterocycles. The number of amides is 1. The quantitative estimate of drug-likeness (QED) is 0.793. The smallest absolute Gasteiger partial charge is 0.271 e. The van der Waals surface area contributed by atoms with Gasteiger partial charge >= 0.3 is 0 Å². The normalized spacial score (nSPS) is 16.6. The van der Waals surface area contributed by atoms with Crippen molar-refractivity contribution in [1.82, 2.24) is 15.5 Å². The number of nitrogens with zero attached hydrogens (tertiary/aromatic N) is 1. The largest absolute Gasteiger partial charge is 0.348 e. The molecule has 1 atom stereocenters. The molecule has 2 rings (SSSR count). The zero-order chi connectivity index (χ0) is 13.8. The standard InChI is InChI=1S/C15H25N3O/c1-10(2)5-4-6-11(3)16-15(19)14-9-13(17-18-14)12-7-8-12/h9-12H,4-8H2,1-3H3,(H,16,19)(H,17,18). The van der Waals surface area contributed by atoms with Gasteiger partial charge in [0.2, 0.25) is 0 Å². The van der Waals surface area contributed by atoms with Crippen LogP contribution in [0.25, 0.3) is 0 Å². The van der Waals surface area contributed by atoms with E-state index >= 15 is 0 Å². The highest BCUT2D eigenvalue weighted by Crippen LogP contribution is 2.38. The van der Waals surface area contributed by atoms with Crippen LogP contribution in [0, 0.1) is 5.92 Å². The molecule has 0 spiro atoms. The van der Waals surface area contributed by atoms with Crippen molar-refractivity contribution in [1.29, 1.82) is 0 Å². The number of H-pyrrole nitrogens is 1. The number of aromatic nitrogens is 2. The van der Waals surface area contributed by atoms with Gasteiger partial charge in [-0.3, -0.25) is 9.89 Å². The van der Waals surface area contributed by atoms with Gasteiger partial charge in [-0.25, -0.2) is 0 Å². The summed E-state index contributed by atoms with van der Waals surface area (Å²) in [6.45, 7) is 6.52. The molecule has 0 saturated heterocycles. The van der Waals surface area contributed by atoms with Gasteiger partial charge in [0.05, 0.1) is 0 Å². The van der Waals surface area contributed by atoms with Crippen molar-refractivity contribution in [3.05, 3.63) is 17.5 Å². The number of hydrogen-bond donors (Lipinski definition) is 2. The van der Waals surface area contributed by atoms with E-state index in [1.807, 2.05) is 6.07 Å². The van der Waals surface area contributed by atoms with Crippen LogP contribution in [0.15, 0.2) is 6.07 Å². The number of carbonyl (C=O) groups is 1. The van der Waals surface area contributed by atoms with E-state index < -0.39 is 0 Å². The summed E-state index contributed by atoms with van der Waals surface area (Å²) in [5, 5.41) is 10.1. The second-order valence-corrected chi connectivity index (χ2v) is 6.18. The lowest BCUT2D eigenvalue weighted by atomic mass is 10.0. The Labute approximate surface area is 115 Å². The Morgan fingerprint density at radius 1 is 1.42 bits per heavy atom. The third-order valence-corrected chi connectivity index (χ3v) is 3.64. The maximum absolute atomic E-state index is 12.0. The molecule has 0 radical (unpaired) electrons. The summed E-state index contributed by atoms with van der Waals surface area (Å²) in [7, 11) is 0. The Hall–Kier alpha value is -1.32. The van der Waals surface area contributed by atoms with E-state index in [4.69, 9.17) is 0 Å². The highest BCUT2D eigenvalue weighted by atomic mass is 16.2. The number of hydrogen-bond acceptors (Lipinski definition) is 2. The van der Waals surface area contributed by atoms with Crippen molar-refractivity contribution in [2.24, 2.45) is 5.92 Å². The Kier molecular flexibility index (Phi) is 4.61. The van der Waals surface area contributed by atoms with E-state index in [-0.39, 0.29) is 11.9 Å². The first-order chi connectivity index (χ1) is 9.06. The summed E-state index contributed by atoms with van der Waals surface area (Å²) in [5.41, 5.74) is 1.63. The van der Waals surface area contributed by atoms with Crippen LogP contribution in [0.5, 0.6) is 0 Å². The molecule has 4 nitrogen and oxygen atoms in total. The Morgan fingerprint density at radius 3 is 2.79 bits per heavy atom. The minimum absolute atomic E-state index is 0.0554. The van der Waals surface area contributed by atoms with Gasteiger partial charge < -0.3 is 5.32 Å². The SMILES string of the molecule is CC(C)CCCC(C)NC(=O)c1cc(C2CC2)[nH]n1. The molecule has 1 amide bonds. The van der Waals surface area contributed by atoms with Crippen LogP contribution in [0.1, 0.15) is 75.0 Å². The van der Waals surface area contributed by atoms with Crippen LogP contribution in [-0.2, 0) is 0 Å². The lowest BCUT2D eigenvalue weighted by molar-refractivity contribution is 0.0932. The number of aromatic amines is 1. The van der Waals surface area contributed by atoms with Gasteiger partial charge in [-0.15, -0.1) is 0 Å². The van der Waals surface area contributed by atoms with Crippen LogP contribution in [0.3, 0.4) is 0 Å². The Morgan fingerprint density at radius 2 is 2.16 bits per heavy atom. The van der Waals surface area contributed by atoms with Gasteiger partial charge in [-0.2, -0.15) is 5.10 Å². The minimum atomic E-state index is -0.0554. The second kappa shape index (κ2) is 6.22. The van der Waals surface area contributed by atoms with Crippen molar-refractivity contribution < 1.29 is 4.79 Å². The van der Waals surface area contributed by atoms with Gasteiger partial charge in [0.15, 0.2) is 0 Å². The molecule has 19 heavy (non-hydrogen) atoms. The number of carbonyl (C=O) groups excluding carboxylic acids is 1. The van der Waals surface area contributed by atoms with Crippen molar-refractivity contribution in [2.75, 3.05) is 0 Å². The predicted octanol–water partition coefficient (Wildman–Crippen LogP) is 3.23. The molecule has 106 valence electrons. The third-order valence-electron chi connectivity index (χ3n) is 3.64. The molecule has 1 aliphatic rings. The minimum Gasteiger partial charge on any atom is -0.348 e. The van der Waals surface area contributed by atoms with Crippen molar-refractivity contribution in [3.8, 4) is 0 Å². The third kappa shape index (κ3) is 4.37. The summed E-state index contributed by atoms with van der Waals surface area (Å²) in [4.78, 5) is 12.0. The lowest BCUT2D eigenvalue weighted by Crippen LogP contribution is -2.32. The molecule has 1 unspecified atom stereocenters. The fourth-order valence-corrected chi connectivity index (χ4v) is 2.26. The average molecular weight is 263 g/mol. The topological polar surface area (TPSA) is 57.8 Å². The maximum Gasteiger partial charge on any atom is 0.271 e. The fourth-order valence-electron chi connectivity index (χ4n) is 2.26. The summed E-state index contributed by atoms with van der Waals surface area (Å²) < 4.78 is 0. The van der Waals surface area contributed by atoms with Crippen molar-refractivity contribution >= 4 is 5.91 Å². The second-order valence-electron chi connectivity index (χ2n) is 6.18. The maximum atomic E-state index is 12.0. The van der Waals surface area contributed by atoms with Gasteiger partial charge in [-0.05, 0) is 38.2 Å². The molecular formula is C15H25N3O. The van der Waals surface area contributed by atoms with E-state index in [9.17, 15) is 4.79 Å². The van der Waals surface area contributed by atoms with Crippen LogP contribution in [-0.4, -0.2) is 22.1 Å². The highest BCUT2D eigenvalue weighted by Gasteiger charge is 2.26. The van der Waals surface area contributed by atoms with E-state index in [0.29, 0.717) is 11.6 Å². The Bertz CT molecular complexity index is 421. The van der Waals surface area contributed by atoms with Gasteiger partial charge in [0, 0.05) is 17.7 Å². The zero-order valence-electron chi connectivity index (χ0n) is 12.2. The van der Waals surface area contributed by atoms with E-state index in [1.54, 1.807) is 0 Å². The Balaban J connectivity index is 1.75. The van der Waals surface area contributed by atoms with Gasteiger partial charge in [-0.1, -0.05) is 26.7 Å². The molecule has 1 fully saturated rings. The molecule has 4 heteroatoms. The average Bonchev–Trinajstić information content (AvgIpc) is 3.06. The number of rotatable bonds is 7. The molecule has 1 aliphatic carbocycles. The lowest BCUT2D eigenvalue weighted by Gasteiger charge is -2.13. The first-order valence-electron chi connectivity index (χ1n) is 7.42. The van der Waals surface area contributed by atoms with Crippen molar-refractivity contribution in [2.45, 2.75) is 64.8 Å². The van der Waals surface area contributed by atoms with E-state index in [1.165, 1.54) is 19.3 Å². The highest BCUT2D eigenvalue weighted by molar-refractivity contribution is 5.92. The molecule has 1 aromatic rings.